The number of aryl methyl sites for hydroxylation is 2. The van der Waals surface area contributed by atoms with Gasteiger partial charge in [-0.15, -0.1) is 0 Å². The van der Waals surface area contributed by atoms with Crippen LogP contribution in [0.25, 0.3) is 0 Å². The first-order valence-corrected chi connectivity index (χ1v) is 7.58. The van der Waals surface area contributed by atoms with Crippen molar-refractivity contribution in [2.24, 2.45) is 0 Å². The summed E-state index contributed by atoms with van der Waals surface area (Å²) >= 11 is 11.8. The van der Waals surface area contributed by atoms with Crippen molar-refractivity contribution in [1.29, 1.82) is 0 Å². The maximum Gasteiger partial charge on any atom is 0.173 e. The molecule has 0 aliphatic carbocycles. The molecule has 118 valence electrons. The molecule has 1 aromatic rings. The van der Waals surface area contributed by atoms with Crippen molar-refractivity contribution in [3.05, 3.63) is 28.3 Å². The molecule has 0 bridgehead atoms. The lowest BCUT2D eigenvalue weighted by Gasteiger charge is -2.26. The molecule has 1 aromatic carbocycles. The molecule has 0 saturated carbocycles. The Balaban J connectivity index is 2.80. The van der Waals surface area contributed by atoms with Crippen LogP contribution in [0.5, 0.6) is 0 Å². The molecule has 1 rings (SSSR count). The standard InChI is InChI=1S/C15H23ClN2O2S/c1-11-9-12(2)14(13(16)10-11)17-15(21)18(5-7-19-3)6-8-20-4/h9-10H,5-8H2,1-4H3,(H,17,21). The topological polar surface area (TPSA) is 33.7 Å². The third-order valence-electron chi connectivity index (χ3n) is 3.08. The van der Waals surface area contributed by atoms with Crippen LogP contribution in [0.2, 0.25) is 5.02 Å². The molecule has 0 aromatic heterocycles. The highest BCUT2D eigenvalue weighted by molar-refractivity contribution is 7.80. The molecule has 0 aliphatic heterocycles. The number of methoxy groups -OCH3 is 2. The second kappa shape index (κ2) is 9.20. The van der Waals surface area contributed by atoms with E-state index in [1.165, 1.54) is 0 Å². The highest BCUT2D eigenvalue weighted by Gasteiger charge is 2.13. The molecule has 0 heterocycles. The van der Waals surface area contributed by atoms with Gasteiger partial charge in [0.2, 0.25) is 0 Å². The fourth-order valence-electron chi connectivity index (χ4n) is 1.98. The lowest BCUT2D eigenvalue weighted by atomic mass is 10.1. The Bertz CT molecular complexity index is 452. The van der Waals surface area contributed by atoms with E-state index in [4.69, 9.17) is 33.3 Å². The van der Waals surface area contributed by atoms with Crippen molar-refractivity contribution in [3.63, 3.8) is 0 Å². The number of hydrogen-bond acceptors (Lipinski definition) is 3. The average molecular weight is 331 g/mol. The fraction of sp³-hybridized carbons (Fsp3) is 0.533. The summed E-state index contributed by atoms with van der Waals surface area (Å²) < 4.78 is 10.2. The molecule has 4 nitrogen and oxygen atoms in total. The summed E-state index contributed by atoms with van der Waals surface area (Å²) in [6.45, 7) is 6.64. The van der Waals surface area contributed by atoms with E-state index in [0.717, 1.165) is 16.8 Å². The fourth-order valence-corrected chi connectivity index (χ4v) is 2.63. The number of anilines is 1. The van der Waals surface area contributed by atoms with E-state index >= 15 is 0 Å². The minimum absolute atomic E-state index is 0.603. The van der Waals surface area contributed by atoms with E-state index in [-0.39, 0.29) is 0 Å². The molecule has 1 N–H and O–H groups in total. The molecule has 6 heteroatoms. The van der Waals surface area contributed by atoms with Crippen LogP contribution < -0.4 is 5.32 Å². The maximum absolute atomic E-state index is 6.30. The molecule has 0 atom stereocenters. The molecular formula is C15H23ClN2O2S. The van der Waals surface area contributed by atoms with Crippen molar-refractivity contribution >= 4 is 34.6 Å². The van der Waals surface area contributed by atoms with Gasteiger partial charge in [0.25, 0.3) is 0 Å². The van der Waals surface area contributed by atoms with Gasteiger partial charge in [0.05, 0.1) is 23.9 Å². The van der Waals surface area contributed by atoms with Crippen molar-refractivity contribution in [1.82, 2.24) is 4.90 Å². The summed E-state index contributed by atoms with van der Waals surface area (Å²) in [7, 11) is 3.35. The van der Waals surface area contributed by atoms with Crippen LogP contribution in [0, 0.1) is 13.8 Å². The maximum atomic E-state index is 6.30. The van der Waals surface area contributed by atoms with Crippen LogP contribution in [0.1, 0.15) is 11.1 Å². The number of nitrogens with zero attached hydrogens (tertiary/aromatic N) is 1. The molecule has 0 spiro atoms. The zero-order valence-electron chi connectivity index (χ0n) is 13.0. The minimum atomic E-state index is 0.603. The largest absolute Gasteiger partial charge is 0.383 e. The van der Waals surface area contributed by atoms with Crippen LogP contribution in [-0.2, 0) is 9.47 Å². The van der Waals surface area contributed by atoms with Gasteiger partial charge in [0.15, 0.2) is 5.11 Å². The van der Waals surface area contributed by atoms with Crippen LogP contribution in [0.4, 0.5) is 5.69 Å². The van der Waals surface area contributed by atoms with Gasteiger partial charge < -0.3 is 19.7 Å². The lowest BCUT2D eigenvalue weighted by molar-refractivity contribution is 0.147. The first-order chi connectivity index (χ1) is 9.99. The second-order valence-corrected chi connectivity index (χ2v) is 5.64. The number of hydrogen-bond donors (Lipinski definition) is 1. The van der Waals surface area contributed by atoms with Gasteiger partial charge in [-0.05, 0) is 43.3 Å². The molecule has 0 fully saturated rings. The van der Waals surface area contributed by atoms with E-state index in [9.17, 15) is 0 Å². The number of halogens is 1. The number of benzene rings is 1. The molecule has 0 unspecified atom stereocenters. The smallest absolute Gasteiger partial charge is 0.173 e. The highest BCUT2D eigenvalue weighted by atomic mass is 35.5. The van der Waals surface area contributed by atoms with Crippen molar-refractivity contribution in [2.45, 2.75) is 13.8 Å². The zero-order valence-corrected chi connectivity index (χ0v) is 14.6. The average Bonchev–Trinajstić information content (AvgIpc) is 2.42. The molecule has 0 saturated heterocycles. The summed E-state index contributed by atoms with van der Waals surface area (Å²) in [6, 6.07) is 4.00. The van der Waals surface area contributed by atoms with E-state index in [1.807, 2.05) is 24.8 Å². The first kappa shape index (κ1) is 18.2. The number of rotatable bonds is 7. The first-order valence-electron chi connectivity index (χ1n) is 6.80. The number of thiocarbonyl (C=S) groups is 1. The molecule has 0 radical (unpaired) electrons. The Kier molecular flexibility index (Phi) is 7.96. The summed E-state index contributed by atoms with van der Waals surface area (Å²) in [6.07, 6.45) is 0. The summed E-state index contributed by atoms with van der Waals surface area (Å²) in [5, 5.41) is 4.54. The number of nitrogens with one attached hydrogen (secondary N) is 1. The predicted octanol–water partition coefficient (Wildman–Crippen LogP) is 3.25. The monoisotopic (exact) mass is 330 g/mol. The Morgan fingerprint density at radius 1 is 1.19 bits per heavy atom. The minimum Gasteiger partial charge on any atom is -0.383 e. The van der Waals surface area contributed by atoms with Gasteiger partial charge in [-0.2, -0.15) is 0 Å². The second-order valence-electron chi connectivity index (χ2n) is 4.84. The SMILES string of the molecule is COCCN(CCOC)C(=S)Nc1c(C)cc(C)cc1Cl. The van der Waals surface area contributed by atoms with Crippen LogP contribution >= 0.6 is 23.8 Å². The third kappa shape index (κ3) is 5.79. The van der Waals surface area contributed by atoms with Crippen molar-refractivity contribution < 1.29 is 9.47 Å². The summed E-state index contributed by atoms with van der Waals surface area (Å²) in [4.78, 5) is 2.01. The van der Waals surface area contributed by atoms with Crippen molar-refractivity contribution in [2.75, 3.05) is 45.8 Å². The molecule has 21 heavy (non-hydrogen) atoms. The van der Waals surface area contributed by atoms with Gasteiger partial charge in [-0.25, -0.2) is 0 Å². The molecule has 0 amide bonds. The quantitative estimate of drug-likeness (QED) is 0.776. The Hall–Kier alpha value is -0.880. The van der Waals surface area contributed by atoms with Crippen LogP contribution in [0.3, 0.4) is 0 Å². The molecule has 0 aliphatic rings. The summed E-state index contributed by atoms with van der Waals surface area (Å²) in [5.74, 6) is 0. The van der Waals surface area contributed by atoms with E-state index in [1.54, 1.807) is 14.2 Å². The van der Waals surface area contributed by atoms with Gasteiger partial charge in [0, 0.05) is 27.3 Å². The number of ether oxygens (including phenoxy) is 2. The summed E-state index contributed by atoms with van der Waals surface area (Å²) in [5.41, 5.74) is 3.05. The van der Waals surface area contributed by atoms with E-state index in [0.29, 0.717) is 36.4 Å². The molecular weight excluding hydrogens is 308 g/mol. The highest BCUT2D eigenvalue weighted by Crippen LogP contribution is 2.27. The van der Waals surface area contributed by atoms with E-state index < -0.39 is 0 Å². The van der Waals surface area contributed by atoms with Gasteiger partial charge in [0.1, 0.15) is 0 Å². The van der Waals surface area contributed by atoms with Crippen LogP contribution in [-0.4, -0.2) is 50.5 Å². The third-order valence-corrected chi connectivity index (χ3v) is 3.74. The van der Waals surface area contributed by atoms with Gasteiger partial charge in [-0.3, -0.25) is 0 Å². The zero-order chi connectivity index (χ0) is 15.8. The Morgan fingerprint density at radius 3 is 2.24 bits per heavy atom. The van der Waals surface area contributed by atoms with E-state index in [2.05, 4.69) is 11.4 Å². The van der Waals surface area contributed by atoms with Gasteiger partial charge in [-0.1, -0.05) is 17.7 Å². The predicted molar refractivity (Wildman–Crippen MR) is 92.5 cm³/mol. The van der Waals surface area contributed by atoms with Crippen molar-refractivity contribution in [3.8, 4) is 0 Å². The Labute approximate surface area is 137 Å². The normalized spacial score (nSPS) is 10.5. The van der Waals surface area contributed by atoms with Crippen LogP contribution in [0.15, 0.2) is 12.1 Å². The Morgan fingerprint density at radius 2 is 1.76 bits per heavy atom. The lowest BCUT2D eigenvalue weighted by Crippen LogP contribution is -2.39. The van der Waals surface area contributed by atoms with Gasteiger partial charge >= 0.3 is 0 Å².